The second-order valence-electron chi connectivity index (χ2n) is 7.14. The van der Waals surface area contributed by atoms with Crippen LogP contribution in [0, 0.1) is 11.3 Å². The number of fused-ring (bicyclic) bond motifs is 1. The van der Waals surface area contributed by atoms with Crippen molar-refractivity contribution in [2.75, 3.05) is 37.7 Å². The van der Waals surface area contributed by atoms with Gasteiger partial charge in [-0.15, -0.1) is 5.10 Å². The summed E-state index contributed by atoms with van der Waals surface area (Å²) in [5.41, 5.74) is 0.892. The third kappa shape index (κ3) is 4.54. The minimum absolute atomic E-state index is 0.169. The number of aromatic nitrogens is 3. The number of carbonyl (C=O) groups is 1. The number of nitriles is 1. The lowest BCUT2D eigenvalue weighted by molar-refractivity contribution is -0.190. The lowest BCUT2D eigenvalue weighted by Crippen LogP contribution is -2.43. The Hall–Kier alpha value is -3.85. The van der Waals surface area contributed by atoms with Gasteiger partial charge in [-0.1, -0.05) is 0 Å². The maximum atomic E-state index is 12.7. The first kappa shape index (κ1) is 22.3. The highest BCUT2D eigenvalue weighted by atomic mass is 19.4. The van der Waals surface area contributed by atoms with Crippen molar-refractivity contribution >= 4 is 17.3 Å². The third-order valence-corrected chi connectivity index (χ3v) is 5.01. The number of nitrogens with zero attached hydrogens (tertiary/aromatic N) is 5. The molecule has 0 spiro atoms. The van der Waals surface area contributed by atoms with E-state index in [2.05, 4.69) is 25.0 Å². The Morgan fingerprint density at radius 1 is 1.30 bits per heavy atom. The normalized spacial score (nSPS) is 14.2. The molecular weight excluding hydrogens is 441 g/mol. The third-order valence-electron chi connectivity index (χ3n) is 5.01. The Morgan fingerprint density at radius 2 is 2.06 bits per heavy atom. The first-order valence-electron chi connectivity index (χ1n) is 10.1. The Morgan fingerprint density at radius 3 is 2.67 bits per heavy atom. The smallest absolute Gasteiger partial charge is 0.491 e. The molecule has 0 atom stereocenters. The summed E-state index contributed by atoms with van der Waals surface area (Å²) in [6.07, 6.45) is -2.22. The molecule has 1 N–H and O–H groups in total. The highest BCUT2D eigenvalue weighted by molar-refractivity contribution is 5.88. The zero-order valence-corrected chi connectivity index (χ0v) is 17.5. The predicted octanol–water partition coefficient (Wildman–Crippen LogP) is 2.54. The largest absolute Gasteiger partial charge is 0.492 e. The van der Waals surface area contributed by atoms with Gasteiger partial charge in [0.2, 0.25) is 0 Å². The summed E-state index contributed by atoms with van der Waals surface area (Å²) in [7, 11) is 0. The summed E-state index contributed by atoms with van der Waals surface area (Å²) >= 11 is 0. The van der Waals surface area contributed by atoms with Gasteiger partial charge in [0.05, 0.1) is 18.3 Å². The lowest BCUT2D eigenvalue weighted by Gasteiger charge is -2.28. The molecule has 0 amide bonds. The summed E-state index contributed by atoms with van der Waals surface area (Å²) in [6, 6.07) is 7.06. The van der Waals surface area contributed by atoms with Gasteiger partial charge in [-0.25, -0.2) is 14.3 Å². The number of alkyl halides is 3. The van der Waals surface area contributed by atoms with Crippen LogP contribution in [0.15, 0.2) is 30.6 Å². The molecule has 12 heteroatoms. The van der Waals surface area contributed by atoms with E-state index in [1.54, 1.807) is 31.3 Å². The van der Waals surface area contributed by atoms with Crippen LogP contribution in [0.25, 0.3) is 16.6 Å². The number of nitrogens with one attached hydrogen (secondary N) is 1. The monoisotopic (exact) mass is 460 g/mol. The average Bonchev–Trinajstić information content (AvgIpc) is 3.15. The fraction of sp³-hybridized carbons (Fsp3) is 0.333. The van der Waals surface area contributed by atoms with Gasteiger partial charge >= 0.3 is 12.1 Å². The Balaban J connectivity index is 1.80. The summed E-state index contributed by atoms with van der Waals surface area (Å²) < 4.78 is 49.2. The Bertz CT molecular complexity index is 1210. The molecule has 1 fully saturated rings. The van der Waals surface area contributed by atoms with E-state index in [1.165, 1.54) is 10.7 Å². The molecule has 4 heterocycles. The van der Waals surface area contributed by atoms with E-state index in [9.17, 15) is 23.2 Å². The van der Waals surface area contributed by atoms with Gasteiger partial charge in [-0.2, -0.15) is 18.4 Å². The quantitative estimate of drug-likeness (QED) is 0.580. The SMILES string of the molecule is CCOc1cc(-c2ccc(N3CCNCC3)nc2)c2c(C#N)c(OC(=O)C(F)(F)F)nn2c1. The van der Waals surface area contributed by atoms with Gasteiger partial charge in [0.25, 0.3) is 5.88 Å². The van der Waals surface area contributed by atoms with E-state index in [0.717, 1.165) is 32.0 Å². The number of halogens is 3. The molecule has 0 saturated carbocycles. The van der Waals surface area contributed by atoms with Crippen LogP contribution in [-0.2, 0) is 4.79 Å². The molecule has 1 aliphatic heterocycles. The zero-order chi connectivity index (χ0) is 23.6. The second kappa shape index (κ2) is 8.95. The van der Waals surface area contributed by atoms with E-state index in [4.69, 9.17) is 4.74 Å². The van der Waals surface area contributed by atoms with E-state index in [0.29, 0.717) is 23.5 Å². The van der Waals surface area contributed by atoms with Crippen molar-refractivity contribution in [3.63, 3.8) is 0 Å². The van der Waals surface area contributed by atoms with Gasteiger partial charge in [-0.05, 0) is 25.1 Å². The highest BCUT2D eigenvalue weighted by Crippen LogP contribution is 2.35. The minimum atomic E-state index is -5.23. The number of carbonyl (C=O) groups excluding carboxylic acids is 1. The van der Waals surface area contributed by atoms with Crippen molar-refractivity contribution in [3.8, 4) is 28.8 Å². The van der Waals surface area contributed by atoms with Crippen molar-refractivity contribution < 1.29 is 27.4 Å². The first-order valence-corrected chi connectivity index (χ1v) is 10.1. The van der Waals surface area contributed by atoms with E-state index in [-0.39, 0.29) is 11.1 Å². The Labute approximate surface area is 186 Å². The van der Waals surface area contributed by atoms with Crippen molar-refractivity contribution in [2.45, 2.75) is 13.1 Å². The van der Waals surface area contributed by atoms with Crippen LogP contribution in [0.4, 0.5) is 19.0 Å². The molecule has 3 aromatic heterocycles. The molecule has 0 unspecified atom stereocenters. The van der Waals surface area contributed by atoms with Crippen molar-refractivity contribution in [1.82, 2.24) is 19.9 Å². The number of pyridine rings is 2. The average molecular weight is 460 g/mol. The molecule has 1 aliphatic rings. The van der Waals surface area contributed by atoms with Crippen LogP contribution in [0.3, 0.4) is 0 Å². The molecule has 0 bridgehead atoms. The van der Waals surface area contributed by atoms with Crippen LogP contribution in [0.2, 0.25) is 0 Å². The molecular formula is C21H19F3N6O3. The molecule has 0 aromatic carbocycles. The number of rotatable bonds is 5. The molecule has 172 valence electrons. The number of anilines is 1. The predicted molar refractivity (Wildman–Crippen MR) is 111 cm³/mol. The van der Waals surface area contributed by atoms with Crippen molar-refractivity contribution in [1.29, 1.82) is 5.26 Å². The standard InChI is InChI=1S/C21H19F3N6O3/c1-2-32-14-9-15(13-3-4-17(27-11-13)29-7-5-26-6-8-29)18-16(10-25)19(28-30(18)12-14)33-20(31)21(22,23)24/h3-4,9,11-12,26H,2,5-8H2,1H3. The van der Waals surface area contributed by atoms with Crippen LogP contribution in [-0.4, -0.2) is 59.5 Å². The molecule has 4 rings (SSSR count). The second-order valence-corrected chi connectivity index (χ2v) is 7.14. The van der Waals surface area contributed by atoms with Crippen LogP contribution in [0.5, 0.6) is 11.6 Å². The van der Waals surface area contributed by atoms with Gasteiger partial charge in [0.1, 0.15) is 23.2 Å². The Kier molecular flexibility index (Phi) is 6.06. The molecule has 0 radical (unpaired) electrons. The van der Waals surface area contributed by atoms with Crippen LogP contribution >= 0.6 is 0 Å². The number of piperazine rings is 1. The van der Waals surface area contributed by atoms with Gasteiger partial charge in [0, 0.05) is 43.5 Å². The fourth-order valence-electron chi connectivity index (χ4n) is 3.54. The van der Waals surface area contributed by atoms with Gasteiger partial charge in [-0.3, -0.25) is 0 Å². The highest BCUT2D eigenvalue weighted by Gasteiger charge is 2.42. The number of hydrogen-bond acceptors (Lipinski definition) is 8. The number of hydrogen-bond donors (Lipinski definition) is 1. The number of ether oxygens (including phenoxy) is 2. The minimum Gasteiger partial charge on any atom is -0.492 e. The summed E-state index contributed by atoms with van der Waals surface area (Å²) in [5, 5.41) is 16.8. The summed E-state index contributed by atoms with van der Waals surface area (Å²) in [4.78, 5) is 18.0. The van der Waals surface area contributed by atoms with Gasteiger partial charge < -0.3 is 19.7 Å². The topological polar surface area (TPSA) is 105 Å². The van der Waals surface area contributed by atoms with Crippen molar-refractivity contribution in [2.24, 2.45) is 0 Å². The van der Waals surface area contributed by atoms with Crippen LogP contribution < -0.4 is 19.7 Å². The maximum absolute atomic E-state index is 12.7. The summed E-state index contributed by atoms with van der Waals surface area (Å²) in [6.45, 7) is 5.42. The van der Waals surface area contributed by atoms with Gasteiger partial charge in [0.15, 0.2) is 0 Å². The molecule has 9 nitrogen and oxygen atoms in total. The van der Waals surface area contributed by atoms with Crippen molar-refractivity contribution in [3.05, 3.63) is 36.2 Å². The first-order chi connectivity index (χ1) is 15.8. The summed E-state index contributed by atoms with van der Waals surface area (Å²) in [5.74, 6) is -2.05. The van der Waals surface area contributed by atoms with E-state index >= 15 is 0 Å². The molecule has 1 saturated heterocycles. The molecule has 33 heavy (non-hydrogen) atoms. The van der Waals surface area contributed by atoms with E-state index < -0.39 is 18.0 Å². The molecule has 3 aromatic rings. The maximum Gasteiger partial charge on any atom is 0.491 e. The lowest BCUT2D eigenvalue weighted by atomic mass is 10.0. The fourth-order valence-corrected chi connectivity index (χ4v) is 3.54. The van der Waals surface area contributed by atoms with E-state index in [1.807, 2.05) is 6.07 Å². The molecule has 0 aliphatic carbocycles. The van der Waals surface area contributed by atoms with Crippen LogP contribution in [0.1, 0.15) is 12.5 Å². The number of esters is 1. The zero-order valence-electron chi connectivity index (χ0n) is 17.5.